The number of carbonyl (C=O) groups excluding carboxylic acids is 1. The highest BCUT2D eigenvalue weighted by atomic mass is 19.4. The summed E-state index contributed by atoms with van der Waals surface area (Å²) < 4.78 is 98.2. The fourth-order valence-corrected chi connectivity index (χ4v) is 8.09. The number of methoxy groups -OCH3 is 1. The smallest absolute Gasteiger partial charge is 0.418 e. The third-order valence-electron chi connectivity index (χ3n) is 12.0. The van der Waals surface area contributed by atoms with E-state index < -0.39 is 17.4 Å². The third kappa shape index (κ3) is 15.7. The zero-order chi connectivity index (χ0) is 52.1. The van der Waals surface area contributed by atoms with Gasteiger partial charge in [-0.05, 0) is 42.0 Å². The van der Waals surface area contributed by atoms with Gasteiger partial charge in [-0.3, -0.25) is 18.9 Å². The molecular formula is C50H64F3N9O12. The van der Waals surface area contributed by atoms with Crippen molar-refractivity contribution in [1.29, 1.82) is 0 Å². The van der Waals surface area contributed by atoms with Crippen molar-refractivity contribution in [3.8, 4) is 22.7 Å². The number of nitrogens with zero attached hydrogens (tertiary/aromatic N) is 9. The summed E-state index contributed by atoms with van der Waals surface area (Å²) in [6.45, 7) is 7.68. The number of aromatic nitrogens is 7. The summed E-state index contributed by atoms with van der Waals surface area (Å²) >= 11 is 0. The lowest BCUT2D eigenvalue weighted by atomic mass is 10.0. The number of aliphatic hydroxyl groups is 1. The molecule has 2 aromatic carbocycles. The molecule has 1 aliphatic rings. The molecule has 5 heterocycles. The number of fused-ring (bicyclic) bond motifs is 3. The van der Waals surface area contributed by atoms with E-state index >= 15 is 0 Å². The van der Waals surface area contributed by atoms with Crippen molar-refractivity contribution in [2.24, 2.45) is 7.05 Å². The van der Waals surface area contributed by atoms with Gasteiger partial charge in [0.25, 0.3) is 0 Å². The summed E-state index contributed by atoms with van der Waals surface area (Å²) in [6.07, 6.45) is 0.262. The fraction of sp³-hybridized carbons (Fsp3) is 0.520. The molecule has 402 valence electrons. The molecule has 1 amide bonds. The molecule has 6 aromatic rings. The first-order chi connectivity index (χ1) is 36.0. The number of ether oxygens (including phenoxy) is 9. The number of benzene rings is 2. The molecule has 1 aliphatic heterocycles. The predicted molar refractivity (Wildman–Crippen MR) is 265 cm³/mol. The van der Waals surface area contributed by atoms with Gasteiger partial charge in [0.15, 0.2) is 0 Å². The van der Waals surface area contributed by atoms with Crippen molar-refractivity contribution in [1.82, 2.24) is 39.0 Å². The molecule has 0 atom stereocenters. The Morgan fingerprint density at radius 2 is 1.27 bits per heavy atom. The molecule has 0 spiro atoms. The Hall–Kier alpha value is -6.09. The van der Waals surface area contributed by atoms with E-state index in [1.54, 1.807) is 52.3 Å². The second-order valence-electron chi connectivity index (χ2n) is 16.8. The minimum atomic E-state index is -4.74. The lowest BCUT2D eigenvalue weighted by molar-refractivity contribution is -0.137. The maximum Gasteiger partial charge on any atom is 0.418 e. The van der Waals surface area contributed by atoms with E-state index in [1.807, 2.05) is 18.2 Å². The fourth-order valence-electron chi connectivity index (χ4n) is 8.09. The summed E-state index contributed by atoms with van der Waals surface area (Å²) in [5.41, 5.74) is 2.15. The van der Waals surface area contributed by atoms with E-state index in [4.69, 9.17) is 47.7 Å². The van der Waals surface area contributed by atoms with E-state index in [-0.39, 0.29) is 69.7 Å². The summed E-state index contributed by atoms with van der Waals surface area (Å²) in [7, 11) is 3.09. The zero-order valence-electron chi connectivity index (χ0n) is 41.7. The first-order valence-corrected chi connectivity index (χ1v) is 24.4. The van der Waals surface area contributed by atoms with Crippen LogP contribution >= 0.6 is 0 Å². The summed E-state index contributed by atoms with van der Waals surface area (Å²) in [4.78, 5) is 38.9. The first-order valence-electron chi connectivity index (χ1n) is 24.4. The topological polar surface area (TPSA) is 210 Å². The van der Waals surface area contributed by atoms with E-state index in [0.717, 1.165) is 17.2 Å². The summed E-state index contributed by atoms with van der Waals surface area (Å²) in [6, 6.07) is 13.0. The van der Waals surface area contributed by atoms with Gasteiger partial charge < -0.3 is 57.5 Å². The van der Waals surface area contributed by atoms with Gasteiger partial charge in [-0.25, -0.2) is 14.5 Å². The number of hydrogen-bond acceptors (Lipinski definition) is 17. The lowest BCUT2D eigenvalue weighted by Gasteiger charge is -2.37. The summed E-state index contributed by atoms with van der Waals surface area (Å²) in [5, 5.41) is 17.3. The molecule has 1 N–H and O–H groups in total. The second kappa shape index (κ2) is 28.5. The van der Waals surface area contributed by atoms with Gasteiger partial charge in [-0.15, -0.1) is 5.10 Å². The SMILES string of the molecule is COc1ccc(-c2ccc3ncc4c(c3c2)n(-c2ccc(N3CCN(C(=O)CCOCCOCCOCCOCCOCCOCCOCCOCCn5cc(CO)nn5)CC3)c(C(F)(F)F)c2)c(=O)n4C)cn1. The maximum atomic E-state index is 14.9. The van der Waals surface area contributed by atoms with Crippen LogP contribution in [-0.4, -0.2) is 189 Å². The molecule has 1 fully saturated rings. The van der Waals surface area contributed by atoms with Crippen LogP contribution in [0.5, 0.6) is 5.88 Å². The number of anilines is 1. The van der Waals surface area contributed by atoms with Crippen molar-refractivity contribution in [3.05, 3.63) is 88.9 Å². The van der Waals surface area contributed by atoms with Crippen molar-refractivity contribution < 1.29 is 65.7 Å². The summed E-state index contributed by atoms with van der Waals surface area (Å²) in [5.74, 6) is 0.299. The molecule has 74 heavy (non-hydrogen) atoms. The maximum absolute atomic E-state index is 14.9. The van der Waals surface area contributed by atoms with Gasteiger partial charge in [-0.2, -0.15) is 13.2 Å². The number of imidazole rings is 1. The van der Waals surface area contributed by atoms with Gasteiger partial charge in [0.1, 0.15) is 5.69 Å². The highest BCUT2D eigenvalue weighted by Crippen LogP contribution is 2.39. The van der Waals surface area contributed by atoms with Crippen LogP contribution in [0.1, 0.15) is 17.7 Å². The molecule has 7 rings (SSSR count). The van der Waals surface area contributed by atoms with E-state index in [2.05, 4.69) is 20.3 Å². The number of piperazine rings is 1. The van der Waals surface area contributed by atoms with E-state index in [9.17, 15) is 22.8 Å². The van der Waals surface area contributed by atoms with Crippen LogP contribution in [0.2, 0.25) is 0 Å². The third-order valence-corrected chi connectivity index (χ3v) is 12.0. The molecule has 0 aliphatic carbocycles. The molecule has 0 radical (unpaired) electrons. The van der Waals surface area contributed by atoms with Gasteiger partial charge >= 0.3 is 11.9 Å². The van der Waals surface area contributed by atoms with Crippen LogP contribution in [0.4, 0.5) is 18.9 Å². The Morgan fingerprint density at radius 3 is 1.81 bits per heavy atom. The van der Waals surface area contributed by atoms with Crippen molar-refractivity contribution in [2.75, 3.05) is 144 Å². The number of hydrogen-bond donors (Lipinski definition) is 1. The minimum absolute atomic E-state index is 0.0280. The van der Waals surface area contributed by atoms with Gasteiger partial charge in [0.05, 0.1) is 173 Å². The average Bonchev–Trinajstić information content (AvgIpc) is 3.99. The molecule has 0 bridgehead atoms. The van der Waals surface area contributed by atoms with Crippen LogP contribution in [0, 0.1) is 0 Å². The number of halogens is 3. The highest BCUT2D eigenvalue weighted by Gasteiger charge is 2.37. The highest BCUT2D eigenvalue weighted by molar-refractivity contribution is 6.04. The van der Waals surface area contributed by atoms with Crippen LogP contribution in [-0.2, 0) is 69.1 Å². The normalized spacial score (nSPS) is 13.2. The molecule has 24 heteroatoms. The van der Waals surface area contributed by atoms with Gasteiger partial charge in [0.2, 0.25) is 11.8 Å². The van der Waals surface area contributed by atoms with E-state index in [1.165, 1.54) is 28.4 Å². The van der Waals surface area contributed by atoms with Crippen LogP contribution < -0.4 is 15.3 Å². The predicted octanol–water partition coefficient (Wildman–Crippen LogP) is 3.92. The van der Waals surface area contributed by atoms with Crippen molar-refractivity contribution >= 4 is 33.5 Å². The lowest BCUT2D eigenvalue weighted by Crippen LogP contribution is -2.49. The van der Waals surface area contributed by atoms with Gasteiger partial charge in [0, 0.05) is 62.1 Å². The molecular weight excluding hydrogens is 976 g/mol. The number of alkyl halides is 3. The zero-order valence-corrected chi connectivity index (χ0v) is 41.7. The first kappa shape index (κ1) is 55.7. The number of amides is 1. The van der Waals surface area contributed by atoms with Crippen LogP contribution in [0.25, 0.3) is 38.8 Å². The number of aliphatic hydroxyl groups excluding tert-OH is 1. The Balaban J connectivity index is 0.725. The number of carbonyl (C=O) groups is 1. The standard InChI is InChI=1S/C50H64F3N9O12/c1-58-45-34-54-43-6-3-37(38-4-8-46(66-2)55-33-38)31-41(43)48(45)62(49(58)65)40-5-7-44(42(32-40)50(51,52)53)59-10-12-60(13-11-59)47(64)9-15-67-17-19-69-21-23-71-25-27-73-29-30-74-28-26-72-24-22-70-20-18-68-16-14-61-35-39(36-63)56-57-61/h3-8,31-35,63H,9-30,36H2,1-2H3. The quantitative estimate of drug-likeness (QED) is 0.0594. The Kier molecular flexibility index (Phi) is 21.5. The molecule has 21 nitrogen and oxygen atoms in total. The van der Waals surface area contributed by atoms with Crippen molar-refractivity contribution in [3.63, 3.8) is 0 Å². The second-order valence-corrected chi connectivity index (χ2v) is 16.8. The molecule has 0 saturated carbocycles. The van der Waals surface area contributed by atoms with Gasteiger partial charge in [-0.1, -0.05) is 11.3 Å². The van der Waals surface area contributed by atoms with Crippen LogP contribution in [0.15, 0.2) is 71.9 Å². The number of pyridine rings is 2. The molecule has 4 aromatic heterocycles. The molecule has 0 unspecified atom stereocenters. The minimum Gasteiger partial charge on any atom is -0.481 e. The number of aryl methyl sites for hydroxylation is 1. The Morgan fingerprint density at radius 1 is 0.689 bits per heavy atom. The van der Waals surface area contributed by atoms with E-state index in [0.29, 0.717) is 133 Å². The average molecular weight is 1040 g/mol. The number of rotatable bonds is 32. The van der Waals surface area contributed by atoms with Crippen molar-refractivity contribution in [2.45, 2.75) is 25.7 Å². The monoisotopic (exact) mass is 1040 g/mol. The Labute approximate surface area is 425 Å². The molecule has 1 saturated heterocycles. The van der Waals surface area contributed by atoms with Crippen LogP contribution in [0.3, 0.4) is 0 Å². The largest absolute Gasteiger partial charge is 0.481 e. The Bertz CT molecular complexity index is 2730.